The molecule has 23 heavy (non-hydrogen) atoms. The maximum Gasteiger partial charge on any atom is 0.407 e. The predicted molar refractivity (Wildman–Crippen MR) is 93.7 cm³/mol. The largest absolute Gasteiger partial charge is 0.444 e. The summed E-state index contributed by atoms with van der Waals surface area (Å²) < 4.78 is 5.34. The number of ether oxygens (including phenoxy) is 1. The van der Waals surface area contributed by atoms with Gasteiger partial charge in [0.1, 0.15) is 5.60 Å². The molecule has 2 aliphatic rings. The highest BCUT2D eigenvalue weighted by atomic mass is 16.6. The van der Waals surface area contributed by atoms with Gasteiger partial charge in [-0.15, -0.1) is 0 Å². The van der Waals surface area contributed by atoms with Crippen LogP contribution in [0, 0.1) is 0 Å². The van der Waals surface area contributed by atoms with Crippen molar-refractivity contribution >= 4 is 6.09 Å². The van der Waals surface area contributed by atoms with Crippen LogP contribution in [-0.2, 0) is 4.74 Å². The minimum Gasteiger partial charge on any atom is -0.444 e. The van der Waals surface area contributed by atoms with E-state index in [4.69, 9.17) is 4.74 Å². The van der Waals surface area contributed by atoms with Gasteiger partial charge < -0.3 is 20.3 Å². The van der Waals surface area contributed by atoms with Gasteiger partial charge in [0.25, 0.3) is 0 Å². The van der Waals surface area contributed by atoms with Crippen LogP contribution in [0.25, 0.3) is 0 Å². The van der Waals surface area contributed by atoms with Crippen LogP contribution in [-0.4, -0.2) is 54.4 Å². The zero-order valence-corrected chi connectivity index (χ0v) is 15.5. The Bertz CT molecular complexity index is 386. The highest BCUT2D eigenvalue weighted by Gasteiger charge is 2.28. The van der Waals surface area contributed by atoms with E-state index in [2.05, 4.69) is 29.5 Å². The average molecular weight is 325 g/mol. The van der Waals surface area contributed by atoms with Crippen LogP contribution in [0.2, 0.25) is 0 Å². The number of nitrogens with one attached hydrogen (secondary N) is 2. The molecule has 2 atom stereocenters. The van der Waals surface area contributed by atoms with Crippen molar-refractivity contribution in [1.29, 1.82) is 0 Å². The number of carbonyl (C=O) groups is 1. The first-order chi connectivity index (χ1) is 10.7. The molecule has 2 rings (SSSR count). The fourth-order valence-electron chi connectivity index (χ4n) is 3.65. The van der Waals surface area contributed by atoms with E-state index >= 15 is 0 Å². The third-order valence-corrected chi connectivity index (χ3v) is 5.13. The number of alkyl carbamates (subject to hydrolysis) is 1. The Hall–Kier alpha value is -0.810. The normalized spacial score (nSPS) is 33.3. The molecular formula is C18H35N3O2. The van der Waals surface area contributed by atoms with E-state index in [9.17, 15) is 4.79 Å². The molecule has 1 saturated heterocycles. The molecule has 5 heteroatoms. The summed E-state index contributed by atoms with van der Waals surface area (Å²) in [6, 6.07) is 2.19. The molecule has 1 amide bonds. The molecule has 1 aliphatic heterocycles. The standard InChI is InChI=1S/C18H35N3O2/c1-13-12-16(10-11-21(13)5)19-14-6-8-15(9-7-14)20-17(22)23-18(2,3)4/h13-16,19H,6-12H2,1-5H3,(H,20,22). The molecule has 1 heterocycles. The quantitative estimate of drug-likeness (QED) is 0.838. The summed E-state index contributed by atoms with van der Waals surface area (Å²) >= 11 is 0. The van der Waals surface area contributed by atoms with Crippen molar-refractivity contribution in [2.45, 2.75) is 96.0 Å². The summed E-state index contributed by atoms with van der Waals surface area (Å²) in [5.41, 5.74) is -0.423. The Balaban J connectivity index is 1.67. The molecule has 0 radical (unpaired) electrons. The van der Waals surface area contributed by atoms with Crippen molar-refractivity contribution in [3.63, 3.8) is 0 Å². The molecule has 2 unspecified atom stereocenters. The average Bonchev–Trinajstić information content (AvgIpc) is 2.43. The van der Waals surface area contributed by atoms with E-state index < -0.39 is 5.60 Å². The van der Waals surface area contributed by atoms with E-state index in [0.29, 0.717) is 18.1 Å². The van der Waals surface area contributed by atoms with Gasteiger partial charge in [0.2, 0.25) is 0 Å². The van der Waals surface area contributed by atoms with Gasteiger partial charge in [-0.1, -0.05) is 0 Å². The molecule has 0 spiro atoms. The Kier molecular flexibility index (Phi) is 6.32. The number of hydrogen-bond acceptors (Lipinski definition) is 4. The van der Waals surface area contributed by atoms with Gasteiger partial charge in [0, 0.05) is 24.2 Å². The number of nitrogens with zero attached hydrogens (tertiary/aromatic N) is 1. The molecule has 0 aromatic rings. The molecule has 0 aromatic heterocycles. The monoisotopic (exact) mass is 325 g/mol. The highest BCUT2D eigenvalue weighted by Crippen LogP contribution is 2.22. The van der Waals surface area contributed by atoms with E-state index in [0.717, 1.165) is 25.7 Å². The minimum atomic E-state index is -0.423. The van der Waals surface area contributed by atoms with Crippen molar-refractivity contribution in [2.75, 3.05) is 13.6 Å². The Morgan fingerprint density at radius 3 is 2.22 bits per heavy atom. The minimum absolute atomic E-state index is 0.263. The van der Waals surface area contributed by atoms with Crippen molar-refractivity contribution in [2.24, 2.45) is 0 Å². The number of amides is 1. The molecule has 0 bridgehead atoms. The third kappa shape index (κ3) is 6.30. The lowest BCUT2D eigenvalue weighted by Crippen LogP contribution is -2.50. The second-order valence-electron chi connectivity index (χ2n) is 8.41. The molecule has 5 nitrogen and oxygen atoms in total. The number of rotatable bonds is 3. The summed E-state index contributed by atoms with van der Waals surface area (Å²) in [6.45, 7) is 9.20. The van der Waals surface area contributed by atoms with Crippen LogP contribution in [0.5, 0.6) is 0 Å². The van der Waals surface area contributed by atoms with E-state index in [-0.39, 0.29) is 12.1 Å². The predicted octanol–water partition coefficient (Wildman–Crippen LogP) is 2.89. The number of hydrogen-bond donors (Lipinski definition) is 2. The smallest absolute Gasteiger partial charge is 0.407 e. The molecular weight excluding hydrogens is 290 g/mol. The lowest BCUT2D eigenvalue weighted by Gasteiger charge is -2.39. The molecule has 1 aliphatic carbocycles. The van der Waals surface area contributed by atoms with Crippen LogP contribution >= 0.6 is 0 Å². The first kappa shape index (κ1) is 18.5. The van der Waals surface area contributed by atoms with Gasteiger partial charge >= 0.3 is 6.09 Å². The SMILES string of the molecule is CC1CC(NC2CCC(NC(=O)OC(C)(C)C)CC2)CCN1C. The van der Waals surface area contributed by atoms with Crippen LogP contribution in [0.3, 0.4) is 0 Å². The fourth-order valence-corrected chi connectivity index (χ4v) is 3.65. The second-order valence-corrected chi connectivity index (χ2v) is 8.41. The maximum atomic E-state index is 11.8. The summed E-state index contributed by atoms with van der Waals surface area (Å²) in [5.74, 6) is 0. The first-order valence-corrected chi connectivity index (χ1v) is 9.19. The van der Waals surface area contributed by atoms with Crippen molar-refractivity contribution in [3.05, 3.63) is 0 Å². The Labute approximate surface area is 141 Å². The first-order valence-electron chi connectivity index (χ1n) is 9.19. The summed E-state index contributed by atoms with van der Waals surface area (Å²) in [4.78, 5) is 14.3. The number of piperidine rings is 1. The van der Waals surface area contributed by atoms with Crippen LogP contribution in [0.4, 0.5) is 4.79 Å². The summed E-state index contributed by atoms with van der Waals surface area (Å²) in [7, 11) is 2.22. The van der Waals surface area contributed by atoms with Gasteiger partial charge in [-0.05, 0) is 79.8 Å². The van der Waals surface area contributed by atoms with Gasteiger partial charge in [-0.25, -0.2) is 4.79 Å². The topological polar surface area (TPSA) is 53.6 Å². The van der Waals surface area contributed by atoms with Gasteiger partial charge in [0.05, 0.1) is 0 Å². The second kappa shape index (κ2) is 7.84. The van der Waals surface area contributed by atoms with Gasteiger partial charge in [-0.3, -0.25) is 0 Å². The lowest BCUT2D eigenvalue weighted by molar-refractivity contribution is 0.0488. The van der Waals surface area contributed by atoms with Crippen molar-refractivity contribution < 1.29 is 9.53 Å². The zero-order valence-electron chi connectivity index (χ0n) is 15.5. The van der Waals surface area contributed by atoms with E-state index in [1.54, 1.807) is 0 Å². The molecule has 0 aromatic carbocycles. The molecule has 2 fully saturated rings. The summed E-state index contributed by atoms with van der Waals surface area (Å²) in [6.07, 6.45) is 6.57. The zero-order chi connectivity index (χ0) is 17.0. The lowest BCUT2D eigenvalue weighted by atomic mass is 9.89. The molecule has 1 saturated carbocycles. The molecule has 134 valence electrons. The third-order valence-electron chi connectivity index (χ3n) is 5.13. The number of carbonyl (C=O) groups excluding carboxylic acids is 1. The van der Waals surface area contributed by atoms with E-state index in [1.807, 2.05) is 20.8 Å². The highest BCUT2D eigenvalue weighted by molar-refractivity contribution is 5.68. The fraction of sp³-hybridized carbons (Fsp3) is 0.944. The Morgan fingerprint density at radius 1 is 1.04 bits per heavy atom. The maximum absolute atomic E-state index is 11.8. The van der Waals surface area contributed by atoms with Crippen molar-refractivity contribution in [1.82, 2.24) is 15.5 Å². The van der Waals surface area contributed by atoms with Crippen LogP contribution < -0.4 is 10.6 Å². The van der Waals surface area contributed by atoms with Crippen molar-refractivity contribution in [3.8, 4) is 0 Å². The van der Waals surface area contributed by atoms with Crippen LogP contribution in [0.15, 0.2) is 0 Å². The van der Waals surface area contributed by atoms with Crippen LogP contribution in [0.1, 0.15) is 66.2 Å². The summed E-state index contributed by atoms with van der Waals surface area (Å²) in [5, 5.41) is 6.87. The molecule has 2 N–H and O–H groups in total. The van der Waals surface area contributed by atoms with Gasteiger partial charge in [0.15, 0.2) is 0 Å². The van der Waals surface area contributed by atoms with Gasteiger partial charge in [-0.2, -0.15) is 0 Å². The van der Waals surface area contributed by atoms with E-state index in [1.165, 1.54) is 19.4 Å². The number of likely N-dealkylation sites (tertiary alicyclic amines) is 1. The Morgan fingerprint density at radius 2 is 1.65 bits per heavy atom.